The number of carbonyl (C=O) groups excluding carboxylic acids is 1. The molecule has 2 aromatic rings. The highest BCUT2D eigenvalue weighted by Gasteiger charge is 2.45. The van der Waals surface area contributed by atoms with Gasteiger partial charge in [0.25, 0.3) is 5.91 Å². The van der Waals surface area contributed by atoms with Crippen molar-refractivity contribution >= 4 is 11.6 Å². The van der Waals surface area contributed by atoms with Crippen LogP contribution >= 0.6 is 0 Å². The second-order valence-corrected chi connectivity index (χ2v) is 7.66. The number of rotatable bonds is 4. The van der Waals surface area contributed by atoms with Crippen molar-refractivity contribution in [2.24, 2.45) is 0 Å². The minimum Gasteiger partial charge on any atom is -0.360 e. The lowest BCUT2D eigenvalue weighted by molar-refractivity contribution is -0.161. The molecule has 27 heavy (non-hydrogen) atoms. The molecule has 1 amide bonds. The van der Waals surface area contributed by atoms with Crippen LogP contribution in [0, 0.1) is 0 Å². The Balaban J connectivity index is 1.38. The van der Waals surface area contributed by atoms with Crippen molar-refractivity contribution in [3.05, 3.63) is 60.4 Å². The van der Waals surface area contributed by atoms with Crippen LogP contribution in [-0.4, -0.2) is 53.7 Å². The van der Waals surface area contributed by atoms with Crippen molar-refractivity contribution in [2.45, 2.75) is 37.9 Å². The lowest BCUT2D eigenvalue weighted by atomic mass is 9.88. The fourth-order valence-corrected chi connectivity index (χ4v) is 4.17. The third kappa shape index (κ3) is 4.04. The van der Waals surface area contributed by atoms with Crippen LogP contribution in [0.1, 0.15) is 25.3 Å². The van der Waals surface area contributed by atoms with E-state index in [4.69, 9.17) is 4.74 Å². The molecule has 2 aliphatic rings. The van der Waals surface area contributed by atoms with Gasteiger partial charge in [0.05, 0.1) is 24.0 Å². The molecule has 142 valence electrons. The van der Waals surface area contributed by atoms with Gasteiger partial charge in [-0.25, -0.2) is 0 Å². The third-order valence-corrected chi connectivity index (χ3v) is 5.77. The smallest absolute Gasteiger partial charge is 0.255 e. The van der Waals surface area contributed by atoms with Crippen LogP contribution in [0.2, 0.25) is 0 Å². The van der Waals surface area contributed by atoms with Gasteiger partial charge in [-0.1, -0.05) is 30.3 Å². The molecule has 0 saturated carbocycles. The first kappa shape index (κ1) is 18.1. The average molecular weight is 365 g/mol. The summed E-state index contributed by atoms with van der Waals surface area (Å²) in [7, 11) is 0. The van der Waals surface area contributed by atoms with Crippen LogP contribution in [-0.2, 0) is 16.0 Å². The predicted molar refractivity (Wildman–Crippen MR) is 106 cm³/mol. The quantitative estimate of drug-likeness (QED) is 0.836. The van der Waals surface area contributed by atoms with E-state index >= 15 is 0 Å². The van der Waals surface area contributed by atoms with Gasteiger partial charge in [-0.2, -0.15) is 0 Å². The van der Waals surface area contributed by atoms with Crippen molar-refractivity contribution in [1.29, 1.82) is 0 Å². The number of ether oxygens (including phenoxy) is 1. The summed E-state index contributed by atoms with van der Waals surface area (Å²) < 4.78 is 6.25. The molecule has 0 N–H and O–H groups in total. The summed E-state index contributed by atoms with van der Waals surface area (Å²) in [6.07, 6.45) is 6.07. The summed E-state index contributed by atoms with van der Waals surface area (Å²) in [5.74, 6) is 0.0279. The van der Waals surface area contributed by atoms with Gasteiger partial charge in [-0.15, -0.1) is 0 Å². The van der Waals surface area contributed by atoms with Gasteiger partial charge in [0.1, 0.15) is 6.10 Å². The summed E-state index contributed by atoms with van der Waals surface area (Å²) >= 11 is 0. The van der Waals surface area contributed by atoms with Crippen LogP contribution in [0.5, 0.6) is 0 Å². The fraction of sp³-hybridized carbons (Fsp3) is 0.455. The third-order valence-electron chi connectivity index (χ3n) is 5.77. The molecule has 5 heteroatoms. The van der Waals surface area contributed by atoms with Crippen molar-refractivity contribution in [3.63, 3.8) is 0 Å². The highest BCUT2D eigenvalue weighted by atomic mass is 16.5. The van der Waals surface area contributed by atoms with Gasteiger partial charge in [0, 0.05) is 25.8 Å². The standard InChI is InChI=1S/C22H27N3O2/c1-18-21(26)25(20-8-5-12-23-16-20)17-22(27-18)10-14-24(15-11-22)13-9-19-6-3-2-4-7-19/h2-8,12,16,18H,9-11,13-15,17H2,1H3. The number of nitrogens with zero attached hydrogens (tertiary/aromatic N) is 3. The average Bonchev–Trinajstić information content (AvgIpc) is 2.72. The number of benzene rings is 1. The number of aromatic nitrogens is 1. The number of amides is 1. The molecule has 1 unspecified atom stereocenters. The molecular weight excluding hydrogens is 338 g/mol. The Kier molecular flexibility index (Phi) is 5.23. The first-order chi connectivity index (χ1) is 13.2. The number of likely N-dealkylation sites (tertiary alicyclic amines) is 1. The van der Waals surface area contributed by atoms with Gasteiger partial charge >= 0.3 is 0 Å². The van der Waals surface area contributed by atoms with E-state index in [1.165, 1.54) is 5.56 Å². The maximum atomic E-state index is 12.6. The van der Waals surface area contributed by atoms with E-state index < -0.39 is 6.10 Å². The van der Waals surface area contributed by atoms with Gasteiger partial charge in [0.15, 0.2) is 0 Å². The zero-order chi connectivity index (χ0) is 18.7. The van der Waals surface area contributed by atoms with Gasteiger partial charge in [0.2, 0.25) is 0 Å². The molecule has 2 aliphatic heterocycles. The molecule has 1 atom stereocenters. The molecule has 2 fully saturated rings. The van der Waals surface area contributed by atoms with E-state index in [1.54, 1.807) is 12.4 Å². The second-order valence-electron chi connectivity index (χ2n) is 7.66. The number of pyridine rings is 1. The minimum absolute atomic E-state index is 0.0279. The highest BCUT2D eigenvalue weighted by Crippen LogP contribution is 2.34. The summed E-state index contributed by atoms with van der Waals surface area (Å²) in [4.78, 5) is 21.2. The second kappa shape index (κ2) is 7.79. The number of hydrogen-bond donors (Lipinski definition) is 0. The predicted octanol–water partition coefficient (Wildman–Crippen LogP) is 2.91. The maximum absolute atomic E-state index is 12.6. The number of anilines is 1. The molecule has 0 radical (unpaired) electrons. The Morgan fingerprint density at radius 3 is 2.63 bits per heavy atom. The monoisotopic (exact) mass is 365 g/mol. The SMILES string of the molecule is CC1OC2(CCN(CCc3ccccc3)CC2)CN(c2cccnc2)C1=O. The molecule has 2 saturated heterocycles. The van der Waals surface area contributed by atoms with Crippen molar-refractivity contribution in [2.75, 3.05) is 31.1 Å². The highest BCUT2D eigenvalue weighted by molar-refractivity contribution is 5.97. The van der Waals surface area contributed by atoms with Crippen molar-refractivity contribution in [3.8, 4) is 0 Å². The van der Waals surface area contributed by atoms with E-state index in [0.29, 0.717) is 6.54 Å². The van der Waals surface area contributed by atoms with E-state index in [1.807, 2.05) is 24.0 Å². The first-order valence-corrected chi connectivity index (χ1v) is 9.81. The normalized spacial score (nSPS) is 22.9. The lowest BCUT2D eigenvalue weighted by Crippen LogP contribution is -2.61. The molecule has 3 heterocycles. The van der Waals surface area contributed by atoms with Crippen LogP contribution in [0.25, 0.3) is 0 Å². The van der Waals surface area contributed by atoms with Gasteiger partial charge < -0.3 is 14.5 Å². The molecule has 0 aliphatic carbocycles. The van der Waals surface area contributed by atoms with Crippen LogP contribution < -0.4 is 4.90 Å². The molecule has 5 nitrogen and oxygen atoms in total. The molecule has 4 rings (SSSR count). The summed E-state index contributed by atoms with van der Waals surface area (Å²) in [5.41, 5.74) is 2.00. The number of hydrogen-bond acceptors (Lipinski definition) is 4. The van der Waals surface area contributed by atoms with E-state index in [-0.39, 0.29) is 11.5 Å². The number of carbonyl (C=O) groups is 1. The Morgan fingerprint density at radius 1 is 1.15 bits per heavy atom. The van der Waals surface area contributed by atoms with Gasteiger partial charge in [-0.05, 0) is 43.9 Å². The minimum atomic E-state index is -0.408. The number of morpholine rings is 1. The van der Waals surface area contributed by atoms with E-state index in [9.17, 15) is 4.79 Å². The Hall–Kier alpha value is -2.24. The summed E-state index contributed by atoms with van der Waals surface area (Å²) in [6.45, 7) is 5.58. The topological polar surface area (TPSA) is 45.7 Å². The maximum Gasteiger partial charge on any atom is 0.255 e. The van der Waals surface area contributed by atoms with Crippen molar-refractivity contribution < 1.29 is 9.53 Å². The zero-order valence-corrected chi connectivity index (χ0v) is 15.9. The molecule has 1 aromatic heterocycles. The molecule has 1 aromatic carbocycles. The van der Waals surface area contributed by atoms with Crippen molar-refractivity contribution in [1.82, 2.24) is 9.88 Å². The largest absolute Gasteiger partial charge is 0.360 e. The van der Waals surface area contributed by atoms with Crippen LogP contribution in [0.3, 0.4) is 0 Å². The Bertz CT molecular complexity index is 758. The van der Waals surface area contributed by atoms with Crippen LogP contribution in [0.15, 0.2) is 54.9 Å². The lowest BCUT2D eigenvalue weighted by Gasteiger charge is -2.49. The van der Waals surface area contributed by atoms with E-state index in [2.05, 4.69) is 40.2 Å². The Morgan fingerprint density at radius 2 is 1.93 bits per heavy atom. The summed E-state index contributed by atoms with van der Waals surface area (Å²) in [5, 5.41) is 0. The molecule has 1 spiro atoms. The fourth-order valence-electron chi connectivity index (χ4n) is 4.17. The van der Waals surface area contributed by atoms with E-state index in [0.717, 1.165) is 44.6 Å². The van der Waals surface area contributed by atoms with Crippen LogP contribution in [0.4, 0.5) is 5.69 Å². The summed E-state index contributed by atoms with van der Waals surface area (Å²) in [6, 6.07) is 14.5. The first-order valence-electron chi connectivity index (χ1n) is 9.81. The zero-order valence-electron chi connectivity index (χ0n) is 15.9. The van der Waals surface area contributed by atoms with Gasteiger partial charge in [-0.3, -0.25) is 9.78 Å². The molecule has 0 bridgehead atoms. The molecular formula is C22H27N3O2. The Labute approximate surface area is 161 Å². The number of piperidine rings is 1.